The van der Waals surface area contributed by atoms with E-state index < -0.39 is 11.6 Å². The lowest BCUT2D eigenvalue weighted by molar-refractivity contribution is -0.137. The van der Waals surface area contributed by atoms with Gasteiger partial charge in [-0.3, -0.25) is 19.6 Å². The van der Waals surface area contributed by atoms with Gasteiger partial charge in [0.05, 0.1) is 5.52 Å². The molecule has 2 aromatic heterocycles. The Morgan fingerprint density at radius 1 is 1.27 bits per heavy atom. The molecule has 3 heterocycles. The Labute approximate surface area is 150 Å². The fourth-order valence-corrected chi connectivity index (χ4v) is 3.21. The molecule has 8 nitrogen and oxygen atoms in total. The van der Waals surface area contributed by atoms with Crippen molar-refractivity contribution in [3.8, 4) is 0 Å². The highest BCUT2D eigenvalue weighted by molar-refractivity contribution is 5.90. The lowest BCUT2D eigenvalue weighted by Gasteiger charge is -2.25. The molecular formula is C18H22N4O4. The molecule has 2 aromatic rings. The van der Waals surface area contributed by atoms with Crippen LogP contribution in [0.25, 0.3) is 10.9 Å². The minimum Gasteiger partial charge on any atom is -0.481 e. The van der Waals surface area contributed by atoms with Crippen molar-refractivity contribution in [1.82, 2.24) is 15.3 Å². The number of hydrogen-bond acceptors (Lipinski definition) is 6. The summed E-state index contributed by atoms with van der Waals surface area (Å²) in [6.07, 6.45) is 6.13. The molecule has 0 aromatic carbocycles. The van der Waals surface area contributed by atoms with Gasteiger partial charge in [0.2, 0.25) is 5.91 Å². The standard InChI is InChI=1S/C18H22N4O4/c23-16(2-1-3-17(24)25)21-11-18(26)6-9-22(12-18)15-5-8-20-14-4-7-19-10-13(14)15/h4-5,7-8,10,26H,1-3,6,9,11-12H2,(H,21,23)(H,24,25)/t18-/m0/s1. The lowest BCUT2D eigenvalue weighted by atomic mass is 10.0. The third-order valence-electron chi connectivity index (χ3n) is 4.60. The maximum absolute atomic E-state index is 11.8. The molecule has 1 saturated heterocycles. The van der Waals surface area contributed by atoms with Gasteiger partial charge in [0.25, 0.3) is 0 Å². The van der Waals surface area contributed by atoms with Crippen LogP contribution < -0.4 is 10.2 Å². The number of aliphatic hydroxyl groups is 1. The molecular weight excluding hydrogens is 336 g/mol. The molecule has 8 heteroatoms. The molecule has 3 rings (SSSR count). The fraction of sp³-hybridized carbons (Fsp3) is 0.444. The number of carboxylic acids is 1. The van der Waals surface area contributed by atoms with Crippen molar-refractivity contribution in [3.05, 3.63) is 30.7 Å². The smallest absolute Gasteiger partial charge is 0.303 e. The van der Waals surface area contributed by atoms with Crippen LogP contribution in [0.3, 0.4) is 0 Å². The lowest BCUT2D eigenvalue weighted by Crippen LogP contribution is -2.45. The summed E-state index contributed by atoms with van der Waals surface area (Å²) in [6.45, 7) is 1.21. The average Bonchev–Trinajstić information content (AvgIpc) is 3.02. The summed E-state index contributed by atoms with van der Waals surface area (Å²) >= 11 is 0. The van der Waals surface area contributed by atoms with Crippen molar-refractivity contribution in [1.29, 1.82) is 0 Å². The second-order valence-corrected chi connectivity index (χ2v) is 6.64. The van der Waals surface area contributed by atoms with Crippen LogP contribution in [-0.2, 0) is 9.59 Å². The Kier molecular flexibility index (Phi) is 5.32. The third-order valence-corrected chi connectivity index (χ3v) is 4.60. The molecule has 1 atom stereocenters. The van der Waals surface area contributed by atoms with Crippen molar-refractivity contribution in [2.75, 3.05) is 24.5 Å². The van der Waals surface area contributed by atoms with Crippen molar-refractivity contribution in [2.45, 2.75) is 31.3 Å². The van der Waals surface area contributed by atoms with Gasteiger partial charge in [-0.15, -0.1) is 0 Å². The van der Waals surface area contributed by atoms with E-state index in [0.717, 1.165) is 16.6 Å². The van der Waals surface area contributed by atoms with Crippen LogP contribution in [0.4, 0.5) is 5.69 Å². The van der Waals surface area contributed by atoms with Gasteiger partial charge in [-0.1, -0.05) is 0 Å². The van der Waals surface area contributed by atoms with E-state index in [-0.39, 0.29) is 25.3 Å². The largest absolute Gasteiger partial charge is 0.481 e. The Bertz CT molecular complexity index is 807. The van der Waals surface area contributed by atoms with Crippen molar-refractivity contribution >= 4 is 28.5 Å². The first-order valence-electron chi connectivity index (χ1n) is 8.61. The number of aliphatic carboxylic acids is 1. The summed E-state index contributed by atoms with van der Waals surface area (Å²) in [5.74, 6) is -1.15. The number of carbonyl (C=O) groups is 2. The van der Waals surface area contributed by atoms with Gasteiger partial charge in [0, 0.05) is 62.1 Å². The number of fused-ring (bicyclic) bond motifs is 1. The van der Waals surface area contributed by atoms with E-state index in [4.69, 9.17) is 5.11 Å². The monoisotopic (exact) mass is 358 g/mol. The zero-order valence-electron chi connectivity index (χ0n) is 14.4. The van der Waals surface area contributed by atoms with Crippen LogP contribution in [-0.4, -0.2) is 57.3 Å². The first kappa shape index (κ1) is 18.1. The normalized spacial score (nSPS) is 19.7. The van der Waals surface area contributed by atoms with E-state index >= 15 is 0 Å². The third kappa shape index (κ3) is 4.26. The highest BCUT2D eigenvalue weighted by Crippen LogP contribution is 2.31. The van der Waals surface area contributed by atoms with Gasteiger partial charge < -0.3 is 20.4 Å². The second-order valence-electron chi connectivity index (χ2n) is 6.64. The zero-order valence-corrected chi connectivity index (χ0v) is 14.4. The minimum atomic E-state index is -1.01. The molecule has 0 spiro atoms. The number of carbonyl (C=O) groups excluding carboxylic acids is 1. The zero-order chi connectivity index (χ0) is 18.6. The van der Waals surface area contributed by atoms with E-state index in [2.05, 4.69) is 20.2 Å². The summed E-state index contributed by atoms with van der Waals surface area (Å²) in [5.41, 5.74) is 0.798. The number of β-amino-alcohol motifs (C(OH)–C–C–N with tert-alkyl or cyclic N) is 1. The van der Waals surface area contributed by atoms with Crippen LogP contribution in [0, 0.1) is 0 Å². The van der Waals surface area contributed by atoms with Gasteiger partial charge in [-0.25, -0.2) is 0 Å². The van der Waals surface area contributed by atoms with Crippen molar-refractivity contribution < 1.29 is 19.8 Å². The van der Waals surface area contributed by atoms with Crippen LogP contribution >= 0.6 is 0 Å². The fourth-order valence-electron chi connectivity index (χ4n) is 3.21. The highest BCUT2D eigenvalue weighted by atomic mass is 16.4. The average molecular weight is 358 g/mol. The quantitative estimate of drug-likeness (QED) is 0.674. The second kappa shape index (κ2) is 7.65. The number of nitrogens with zero attached hydrogens (tertiary/aromatic N) is 3. The first-order valence-corrected chi connectivity index (χ1v) is 8.61. The summed E-state index contributed by atoms with van der Waals surface area (Å²) in [4.78, 5) is 32.8. The Morgan fingerprint density at radius 3 is 2.92 bits per heavy atom. The van der Waals surface area contributed by atoms with Gasteiger partial charge >= 0.3 is 5.97 Å². The molecule has 138 valence electrons. The summed E-state index contributed by atoms with van der Waals surface area (Å²) in [7, 11) is 0. The van der Waals surface area contributed by atoms with E-state index in [1.165, 1.54) is 0 Å². The molecule has 1 aliphatic rings. The number of nitrogens with one attached hydrogen (secondary N) is 1. The van der Waals surface area contributed by atoms with E-state index in [1.807, 2.05) is 12.1 Å². The summed E-state index contributed by atoms with van der Waals surface area (Å²) in [5, 5.41) is 23.0. The maximum Gasteiger partial charge on any atom is 0.303 e. The van der Waals surface area contributed by atoms with E-state index in [0.29, 0.717) is 25.9 Å². The van der Waals surface area contributed by atoms with Crippen LogP contribution in [0.2, 0.25) is 0 Å². The number of pyridine rings is 2. The molecule has 0 radical (unpaired) electrons. The number of rotatable bonds is 7. The predicted octanol–water partition coefficient (Wildman–Crippen LogP) is 0.942. The molecule has 0 unspecified atom stereocenters. The molecule has 0 aliphatic carbocycles. The molecule has 3 N–H and O–H groups in total. The summed E-state index contributed by atoms with van der Waals surface area (Å²) < 4.78 is 0. The van der Waals surface area contributed by atoms with Crippen LogP contribution in [0.5, 0.6) is 0 Å². The maximum atomic E-state index is 11.8. The topological polar surface area (TPSA) is 116 Å². The number of anilines is 1. The molecule has 0 saturated carbocycles. The number of aromatic nitrogens is 2. The van der Waals surface area contributed by atoms with Gasteiger partial charge in [0.15, 0.2) is 0 Å². The number of carboxylic acid groups (broad SMARTS) is 1. The molecule has 0 bridgehead atoms. The van der Waals surface area contributed by atoms with E-state index in [9.17, 15) is 14.7 Å². The first-order chi connectivity index (χ1) is 12.5. The molecule has 1 fully saturated rings. The molecule has 1 aliphatic heterocycles. The Hall–Kier alpha value is -2.74. The predicted molar refractivity (Wildman–Crippen MR) is 95.8 cm³/mol. The SMILES string of the molecule is O=C(O)CCCC(=O)NC[C@@]1(O)CCN(c2ccnc3ccncc23)C1. The number of hydrogen-bond donors (Lipinski definition) is 3. The Morgan fingerprint density at radius 2 is 2.12 bits per heavy atom. The minimum absolute atomic E-state index is 0.0331. The summed E-state index contributed by atoms with van der Waals surface area (Å²) in [6, 6.07) is 3.75. The number of amides is 1. The van der Waals surface area contributed by atoms with Crippen molar-refractivity contribution in [3.63, 3.8) is 0 Å². The molecule has 1 amide bonds. The van der Waals surface area contributed by atoms with Gasteiger partial charge in [-0.05, 0) is 25.0 Å². The van der Waals surface area contributed by atoms with E-state index in [1.54, 1.807) is 18.6 Å². The van der Waals surface area contributed by atoms with Gasteiger partial charge in [-0.2, -0.15) is 0 Å². The van der Waals surface area contributed by atoms with Crippen LogP contribution in [0.15, 0.2) is 30.7 Å². The van der Waals surface area contributed by atoms with Crippen molar-refractivity contribution in [2.24, 2.45) is 0 Å². The van der Waals surface area contributed by atoms with Gasteiger partial charge in [0.1, 0.15) is 5.60 Å². The highest BCUT2D eigenvalue weighted by Gasteiger charge is 2.36. The Balaban J connectivity index is 1.58. The molecule has 26 heavy (non-hydrogen) atoms. The van der Waals surface area contributed by atoms with Crippen LogP contribution in [0.1, 0.15) is 25.7 Å².